The Labute approximate surface area is 145 Å². The molecule has 0 saturated carbocycles. The van der Waals surface area contributed by atoms with Gasteiger partial charge in [-0.1, -0.05) is 22.9 Å². The number of carboxylic acid groups (broad SMARTS) is 1. The summed E-state index contributed by atoms with van der Waals surface area (Å²) in [6.07, 6.45) is 0. The predicted molar refractivity (Wildman–Crippen MR) is 91.6 cm³/mol. The van der Waals surface area contributed by atoms with Gasteiger partial charge in [-0.3, -0.25) is 14.5 Å². The number of nitrogens with zero attached hydrogens (tertiary/aromatic N) is 2. The minimum absolute atomic E-state index is 0.0653. The topological polar surface area (TPSA) is 70.1 Å². The smallest absolute Gasteiger partial charge is 0.307 e. The summed E-state index contributed by atoms with van der Waals surface area (Å²) < 4.78 is 6.56. The van der Waals surface area contributed by atoms with Crippen LogP contribution in [-0.2, 0) is 9.59 Å². The minimum atomic E-state index is -0.861. The van der Waals surface area contributed by atoms with Crippen molar-refractivity contribution in [2.75, 3.05) is 40.3 Å². The molecule has 0 aliphatic rings. The standard InChI is InChI=1S/C16H23BrN2O4/c1-12(16(21)22)10-18(2)11-15(20)19(3)8-9-23-14-6-4-13(17)5-7-14/h4-7,12H,8-11H2,1-3H3,(H,21,22). The van der Waals surface area contributed by atoms with Crippen molar-refractivity contribution in [2.45, 2.75) is 6.92 Å². The molecule has 0 saturated heterocycles. The molecule has 1 aromatic carbocycles. The number of likely N-dealkylation sites (N-methyl/N-ethyl adjacent to an activating group) is 2. The highest BCUT2D eigenvalue weighted by Gasteiger charge is 2.17. The second-order valence-corrected chi connectivity index (χ2v) is 6.47. The third-order valence-corrected chi connectivity index (χ3v) is 3.88. The van der Waals surface area contributed by atoms with Crippen LogP contribution in [0.2, 0.25) is 0 Å². The summed E-state index contributed by atoms with van der Waals surface area (Å²) in [6, 6.07) is 7.49. The van der Waals surface area contributed by atoms with Crippen molar-refractivity contribution in [1.29, 1.82) is 0 Å². The lowest BCUT2D eigenvalue weighted by atomic mass is 10.2. The number of ether oxygens (including phenoxy) is 1. The first-order chi connectivity index (χ1) is 10.8. The van der Waals surface area contributed by atoms with Gasteiger partial charge in [0.05, 0.1) is 19.0 Å². The van der Waals surface area contributed by atoms with Crippen molar-refractivity contribution in [2.24, 2.45) is 5.92 Å². The fraction of sp³-hybridized carbons (Fsp3) is 0.500. The third kappa shape index (κ3) is 7.47. The third-order valence-electron chi connectivity index (χ3n) is 3.35. The SMILES string of the molecule is CC(CN(C)CC(=O)N(C)CCOc1ccc(Br)cc1)C(=O)O. The second kappa shape index (κ2) is 9.52. The lowest BCUT2D eigenvalue weighted by molar-refractivity contribution is -0.142. The van der Waals surface area contributed by atoms with Gasteiger partial charge in [-0.25, -0.2) is 0 Å². The molecule has 0 aliphatic heterocycles. The number of hydrogen-bond donors (Lipinski definition) is 1. The van der Waals surface area contributed by atoms with Gasteiger partial charge in [-0.2, -0.15) is 0 Å². The van der Waals surface area contributed by atoms with Crippen molar-refractivity contribution in [3.05, 3.63) is 28.7 Å². The first-order valence-corrected chi connectivity index (χ1v) is 8.12. The Morgan fingerprint density at radius 2 is 1.87 bits per heavy atom. The van der Waals surface area contributed by atoms with E-state index in [4.69, 9.17) is 9.84 Å². The summed E-state index contributed by atoms with van der Waals surface area (Å²) in [6.45, 7) is 3.02. The van der Waals surface area contributed by atoms with Crippen LogP contribution in [0, 0.1) is 5.92 Å². The van der Waals surface area contributed by atoms with Gasteiger partial charge in [-0.05, 0) is 31.3 Å². The lowest BCUT2D eigenvalue weighted by Crippen LogP contribution is -2.40. The fourth-order valence-corrected chi connectivity index (χ4v) is 2.18. The predicted octanol–water partition coefficient (Wildman–Crippen LogP) is 1.94. The van der Waals surface area contributed by atoms with Crippen molar-refractivity contribution < 1.29 is 19.4 Å². The van der Waals surface area contributed by atoms with E-state index in [1.54, 1.807) is 30.8 Å². The Balaban J connectivity index is 2.30. The molecule has 0 aromatic heterocycles. The summed E-state index contributed by atoms with van der Waals surface area (Å²) >= 11 is 3.35. The number of carbonyl (C=O) groups is 2. The fourth-order valence-electron chi connectivity index (χ4n) is 1.92. The summed E-state index contributed by atoms with van der Waals surface area (Å²) in [5, 5.41) is 8.87. The van der Waals surface area contributed by atoms with Crippen LogP contribution in [0.15, 0.2) is 28.7 Å². The monoisotopic (exact) mass is 386 g/mol. The number of carbonyl (C=O) groups excluding carboxylic acids is 1. The molecule has 1 aromatic rings. The van der Waals surface area contributed by atoms with Crippen molar-refractivity contribution in [3.8, 4) is 5.75 Å². The van der Waals surface area contributed by atoms with Crippen molar-refractivity contribution in [3.63, 3.8) is 0 Å². The average molecular weight is 387 g/mol. The molecule has 0 fully saturated rings. The van der Waals surface area contributed by atoms with Crippen LogP contribution in [-0.4, -0.2) is 67.1 Å². The van der Waals surface area contributed by atoms with Gasteiger partial charge in [0.15, 0.2) is 0 Å². The van der Waals surface area contributed by atoms with E-state index in [-0.39, 0.29) is 12.5 Å². The second-order valence-electron chi connectivity index (χ2n) is 5.55. The van der Waals surface area contributed by atoms with Crippen molar-refractivity contribution >= 4 is 27.8 Å². The number of halogens is 1. The highest BCUT2D eigenvalue weighted by Crippen LogP contribution is 2.15. The zero-order valence-electron chi connectivity index (χ0n) is 13.7. The molecule has 1 unspecified atom stereocenters. The van der Waals surface area contributed by atoms with Gasteiger partial charge >= 0.3 is 5.97 Å². The maximum atomic E-state index is 12.1. The molecule has 7 heteroatoms. The lowest BCUT2D eigenvalue weighted by Gasteiger charge is -2.23. The van der Waals surface area contributed by atoms with Gasteiger partial charge in [0.25, 0.3) is 0 Å². The normalized spacial score (nSPS) is 12.0. The number of benzene rings is 1. The van der Waals surface area contributed by atoms with Crippen molar-refractivity contribution in [1.82, 2.24) is 9.80 Å². The molecule has 0 spiro atoms. The van der Waals surface area contributed by atoms with E-state index >= 15 is 0 Å². The quantitative estimate of drug-likeness (QED) is 0.702. The van der Waals surface area contributed by atoms with Crippen LogP contribution < -0.4 is 4.74 Å². The Hall–Kier alpha value is -1.60. The van der Waals surface area contributed by atoms with E-state index < -0.39 is 11.9 Å². The van der Waals surface area contributed by atoms with E-state index in [0.717, 1.165) is 10.2 Å². The highest BCUT2D eigenvalue weighted by molar-refractivity contribution is 9.10. The minimum Gasteiger partial charge on any atom is -0.492 e. The maximum Gasteiger partial charge on any atom is 0.307 e. The van der Waals surface area contributed by atoms with Crippen LogP contribution in [0.4, 0.5) is 0 Å². The molecule has 0 heterocycles. The molecule has 6 nitrogen and oxygen atoms in total. The van der Waals surface area contributed by atoms with Crippen LogP contribution in [0.1, 0.15) is 6.92 Å². The molecular formula is C16H23BrN2O4. The molecule has 0 aliphatic carbocycles. The number of aliphatic carboxylic acids is 1. The Kier molecular flexibility index (Phi) is 8.05. The summed E-state index contributed by atoms with van der Waals surface area (Å²) in [5.74, 6) is -0.676. The summed E-state index contributed by atoms with van der Waals surface area (Å²) in [7, 11) is 3.45. The molecular weight excluding hydrogens is 364 g/mol. The van der Waals surface area contributed by atoms with Crippen LogP contribution in [0.25, 0.3) is 0 Å². The summed E-state index contributed by atoms with van der Waals surface area (Å²) in [5.41, 5.74) is 0. The molecule has 0 bridgehead atoms. The summed E-state index contributed by atoms with van der Waals surface area (Å²) in [4.78, 5) is 26.2. The van der Waals surface area contributed by atoms with Gasteiger partial charge in [0.1, 0.15) is 12.4 Å². The maximum absolute atomic E-state index is 12.1. The molecule has 1 N–H and O–H groups in total. The van der Waals surface area contributed by atoms with Gasteiger partial charge in [-0.15, -0.1) is 0 Å². The van der Waals surface area contributed by atoms with Crippen LogP contribution in [0.5, 0.6) is 5.75 Å². The molecule has 1 atom stereocenters. The zero-order chi connectivity index (χ0) is 17.4. The molecule has 0 radical (unpaired) electrons. The number of carboxylic acids is 1. The van der Waals surface area contributed by atoms with Gasteiger partial charge in [0.2, 0.25) is 5.91 Å². The van der Waals surface area contributed by atoms with Gasteiger partial charge in [0, 0.05) is 18.1 Å². The first kappa shape index (κ1) is 19.4. The number of amides is 1. The van der Waals surface area contributed by atoms with E-state index in [9.17, 15) is 9.59 Å². The van der Waals surface area contributed by atoms with Crippen LogP contribution in [0.3, 0.4) is 0 Å². The van der Waals surface area contributed by atoms with E-state index in [0.29, 0.717) is 19.7 Å². The first-order valence-electron chi connectivity index (χ1n) is 7.33. The van der Waals surface area contributed by atoms with E-state index in [2.05, 4.69) is 15.9 Å². The van der Waals surface area contributed by atoms with Gasteiger partial charge < -0.3 is 14.7 Å². The van der Waals surface area contributed by atoms with Crippen LogP contribution >= 0.6 is 15.9 Å². The zero-order valence-corrected chi connectivity index (χ0v) is 15.2. The molecule has 23 heavy (non-hydrogen) atoms. The Morgan fingerprint density at radius 1 is 1.26 bits per heavy atom. The molecule has 1 amide bonds. The highest BCUT2D eigenvalue weighted by atomic mass is 79.9. The molecule has 1 rings (SSSR count). The number of hydrogen-bond acceptors (Lipinski definition) is 4. The Bertz CT molecular complexity index is 521. The average Bonchev–Trinajstić information content (AvgIpc) is 2.48. The van der Waals surface area contributed by atoms with E-state index in [1.807, 2.05) is 24.3 Å². The number of rotatable bonds is 9. The molecule has 128 valence electrons. The largest absolute Gasteiger partial charge is 0.492 e. The Morgan fingerprint density at radius 3 is 2.43 bits per heavy atom. The van der Waals surface area contributed by atoms with E-state index in [1.165, 1.54) is 0 Å².